The van der Waals surface area contributed by atoms with Crippen molar-refractivity contribution in [3.05, 3.63) is 86.3 Å². The predicted molar refractivity (Wildman–Crippen MR) is 122 cm³/mol. The predicted octanol–water partition coefficient (Wildman–Crippen LogP) is 6.13. The summed E-state index contributed by atoms with van der Waals surface area (Å²) in [5.41, 5.74) is 7.45. The third-order valence-corrected chi connectivity index (χ3v) is 5.56. The number of amides is 1. The lowest BCUT2D eigenvalue weighted by molar-refractivity contribution is 0.0929. The van der Waals surface area contributed by atoms with Gasteiger partial charge >= 0.3 is 5.91 Å². The Morgan fingerprint density at radius 3 is 2.76 bits per heavy atom. The van der Waals surface area contributed by atoms with E-state index in [2.05, 4.69) is 74.4 Å². The molecule has 7 heteroatoms. The molecule has 0 spiro atoms. The quantitative estimate of drug-likeness (QED) is 0.263. The smallest absolute Gasteiger partial charge is 0.307 e. The molecular formula is C22H17Br2N3O2. The van der Waals surface area contributed by atoms with Crippen LogP contribution in [0.3, 0.4) is 0 Å². The molecule has 4 rings (SSSR count). The molecule has 29 heavy (non-hydrogen) atoms. The van der Waals surface area contributed by atoms with Crippen molar-refractivity contribution in [1.82, 2.24) is 9.99 Å². The van der Waals surface area contributed by atoms with Crippen LogP contribution >= 0.6 is 31.9 Å². The van der Waals surface area contributed by atoms with Gasteiger partial charge in [0.05, 0.1) is 16.4 Å². The second-order valence-electron chi connectivity index (χ2n) is 6.71. The Kier molecular flexibility index (Phi) is 5.43. The van der Waals surface area contributed by atoms with Crippen molar-refractivity contribution in [2.24, 2.45) is 5.10 Å². The standard InChI is InChI=1S/C22H17Br2N3O2/c1-13-5-6-19(14(2)8-13)27-7-3-4-17(27)12-25-26-22(28)20-10-15-9-16(23)11-18(24)21(15)29-20/h3-12H,1-2H3,(H,26,28)/b25-12-. The van der Waals surface area contributed by atoms with E-state index in [0.717, 1.165) is 25.7 Å². The summed E-state index contributed by atoms with van der Waals surface area (Å²) in [6.45, 7) is 4.14. The minimum Gasteiger partial charge on any atom is -0.450 e. The average molecular weight is 515 g/mol. The van der Waals surface area contributed by atoms with Gasteiger partial charge in [-0.3, -0.25) is 4.79 Å². The molecule has 146 valence electrons. The molecule has 2 aromatic carbocycles. The lowest BCUT2D eigenvalue weighted by atomic mass is 10.1. The maximum atomic E-state index is 12.4. The maximum Gasteiger partial charge on any atom is 0.307 e. The Morgan fingerprint density at radius 1 is 1.14 bits per heavy atom. The van der Waals surface area contributed by atoms with Crippen LogP contribution < -0.4 is 5.43 Å². The SMILES string of the molecule is Cc1ccc(-n2cccc2/C=N\NC(=O)c2cc3cc(Br)cc(Br)c3o2)c(C)c1. The summed E-state index contributed by atoms with van der Waals surface area (Å²) in [4.78, 5) is 12.4. The zero-order valence-corrected chi connectivity index (χ0v) is 18.9. The van der Waals surface area contributed by atoms with Crippen molar-refractivity contribution >= 4 is 55.0 Å². The van der Waals surface area contributed by atoms with Crippen molar-refractivity contribution in [1.29, 1.82) is 0 Å². The van der Waals surface area contributed by atoms with Gasteiger partial charge in [0.25, 0.3) is 0 Å². The number of aromatic nitrogens is 1. The first-order valence-corrected chi connectivity index (χ1v) is 10.5. The average Bonchev–Trinajstić information content (AvgIpc) is 3.29. The van der Waals surface area contributed by atoms with E-state index in [0.29, 0.717) is 5.58 Å². The molecule has 0 aliphatic rings. The van der Waals surface area contributed by atoms with Crippen molar-refractivity contribution in [2.75, 3.05) is 0 Å². The highest BCUT2D eigenvalue weighted by molar-refractivity contribution is 9.11. The molecule has 0 bridgehead atoms. The Balaban J connectivity index is 1.53. The van der Waals surface area contributed by atoms with E-state index >= 15 is 0 Å². The molecular weight excluding hydrogens is 498 g/mol. The Hall–Kier alpha value is -2.64. The zero-order chi connectivity index (χ0) is 20.5. The molecule has 5 nitrogen and oxygen atoms in total. The van der Waals surface area contributed by atoms with Gasteiger partial charge in [0.15, 0.2) is 5.76 Å². The van der Waals surface area contributed by atoms with Crippen LogP contribution in [0.15, 0.2) is 73.2 Å². The second kappa shape index (κ2) is 8.00. The van der Waals surface area contributed by atoms with Gasteiger partial charge < -0.3 is 8.98 Å². The largest absolute Gasteiger partial charge is 0.450 e. The molecule has 0 aliphatic carbocycles. The molecule has 1 N–H and O–H groups in total. The van der Waals surface area contributed by atoms with Crippen LogP contribution in [0.25, 0.3) is 16.7 Å². The first kappa shape index (κ1) is 19.7. The summed E-state index contributed by atoms with van der Waals surface area (Å²) in [5.74, 6) is -0.217. The molecule has 2 aromatic heterocycles. The molecule has 0 aliphatic heterocycles. The molecule has 0 unspecified atom stereocenters. The maximum absolute atomic E-state index is 12.4. The van der Waals surface area contributed by atoms with E-state index in [1.165, 1.54) is 11.1 Å². The van der Waals surface area contributed by atoms with E-state index in [9.17, 15) is 4.79 Å². The van der Waals surface area contributed by atoms with Crippen LogP contribution in [0.2, 0.25) is 0 Å². The number of aryl methyl sites for hydroxylation is 2. The normalized spacial score (nSPS) is 11.4. The van der Waals surface area contributed by atoms with Crippen molar-refractivity contribution in [3.63, 3.8) is 0 Å². The van der Waals surface area contributed by atoms with E-state index in [1.807, 2.05) is 35.0 Å². The summed E-state index contributed by atoms with van der Waals surface area (Å²) in [6.07, 6.45) is 3.59. The van der Waals surface area contributed by atoms with Gasteiger partial charge in [-0.1, -0.05) is 33.6 Å². The van der Waals surface area contributed by atoms with E-state index in [4.69, 9.17) is 4.42 Å². The summed E-state index contributed by atoms with van der Waals surface area (Å²) in [7, 11) is 0. The van der Waals surface area contributed by atoms with Gasteiger partial charge in [0.1, 0.15) is 5.58 Å². The molecule has 0 fully saturated rings. The first-order valence-electron chi connectivity index (χ1n) is 8.89. The number of nitrogens with zero attached hydrogens (tertiary/aromatic N) is 2. The molecule has 4 aromatic rings. The Morgan fingerprint density at radius 2 is 1.97 bits per heavy atom. The van der Waals surface area contributed by atoms with Crippen LogP contribution in [0, 0.1) is 13.8 Å². The number of fused-ring (bicyclic) bond motifs is 1. The monoisotopic (exact) mass is 513 g/mol. The molecule has 0 saturated heterocycles. The Labute approximate surface area is 184 Å². The van der Waals surface area contributed by atoms with Crippen LogP contribution in [-0.2, 0) is 0 Å². The fourth-order valence-corrected chi connectivity index (χ4v) is 4.53. The van der Waals surface area contributed by atoms with Gasteiger partial charge in [-0.15, -0.1) is 0 Å². The van der Waals surface area contributed by atoms with Crippen LogP contribution in [0.4, 0.5) is 0 Å². The minimum atomic E-state index is -0.412. The number of hydrogen-bond acceptors (Lipinski definition) is 3. The fraction of sp³-hybridized carbons (Fsp3) is 0.0909. The summed E-state index contributed by atoms with van der Waals surface area (Å²) in [5, 5.41) is 4.93. The first-order chi connectivity index (χ1) is 13.9. The third-order valence-electron chi connectivity index (χ3n) is 4.51. The molecule has 0 radical (unpaired) electrons. The second-order valence-corrected chi connectivity index (χ2v) is 8.48. The number of carbonyl (C=O) groups excluding carboxylic acids is 1. The highest BCUT2D eigenvalue weighted by Crippen LogP contribution is 2.31. The molecule has 0 saturated carbocycles. The van der Waals surface area contributed by atoms with Crippen molar-refractivity contribution < 1.29 is 9.21 Å². The van der Waals surface area contributed by atoms with Gasteiger partial charge in [-0.2, -0.15) is 5.10 Å². The van der Waals surface area contributed by atoms with Crippen LogP contribution in [-0.4, -0.2) is 16.7 Å². The van der Waals surface area contributed by atoms with Crippen LogP contribution in [0.1, 0.15) is 27.4 Å². The van der Waals surface area contributed by atoms with E-state index in [-0.39, 0.29) is 5.76 Å². The molecule has 1 amide bonds. The number of rotatable bonds is 4. The highest BCUT2D eigenvalue weighted by Gasteiger charge is 2.14. The molecule has 0 atom stereocenters. The number of nitrogens with one attached hydrogen (secondary N) is 1. The third kappa shape index (κ3) is 4.06. The number of benzene rings is 2. The number of hydrogen-bond donors (Lipinski definition) is 1. The summed E-state index contributed by atoms with van der Waals surface area (Å²) >= 11 is 6.87. The van der Waals surface area contributed by atoms with E-state index in [1.54, 1.807) is 12.3 Å². The van der Waals surface area contributed by atoms with Gasteiger partial charge in [-0.25, -0.2) is 5.43 Å². The lowest BCUT2D eigenvalue weighted by Crippen LogP contribution is -2.17. The number of halogens is 2. The topological polar surface area (TPSA) is 59.5 Å². The van der Waals surface area contributed by atoms with Crippen molar-refractivity contribution in [2.45, 2.75) is 13.8 Å². The van der Waals surface area contributed by atoms with Gasteiger partial charge in [-0.05, 0) is 71.7 Å². The number of carbonyl (C=O) groups is 1. The fourth-order valence-electron chi connectivity index (χ4n) is 3.19. The van der Waals surface area contributed by atoms with Crippen molar-refractivity contribution in [3.8, 4) is 5.69 Å². The molecule has 2 heterocycles. The Bertz CT molecular complexity index is 1250. The van der Waals surface area contributed by atoms with Crippen LogP contribution in [0.5, 0.6) is 0 Å². The summed E-state index contributed by atoms with van der Waals surface area (Å²) in [6, 6.07) is 15.6. The highest BCUT2D eigenvalue weighted by atomic mass is 79.9. The van der Waals surface area contributed by atoms with Gasteiger partial charge in [0.2, 0.25) is 0 Å². The zero-order valence-electron chi connectivity index (χ0n) is 15.7. The number of furan rings is 1. The van der Waals surface area contributed by atoms with E-state index < -0.39 is 5.91 Å². The lowest BCUT2D eigenvalue weighted by Gasteiger charge is -2.10. The summed E-state index contributed by atoms with van der Waals surface area (Å²) < 4.78 is 9.36. The minimum absolute atomic E-state index is 0.195. The van der Waals surface area contributed by atoms with Gasteiger partial charge in [0, 0.05) is 21.7 Å². The number of hydrazone groups is 1.